The Morgan fingerprint density at radius 2 is 1.84 bits per heavy atom. The first-order valence-corrected chi connectivity index (χ1v) is 9.48. The van der Waals surface area contributed by atoms with Gasteiger partial charge in [0.15, 0.2) is 0 Å². The third-order valence-corrected chi connectivity index (χ3v) is 5.09. The van der Waals surface area contributed by atoms with E-state index >= 15 is 0 Å². The summed E-state index contributed by atoms with van der Waals surface area (Å²) in [4.78, 5) is 12.5. The van der Waals surface area contributed by atoms with Gasteiger partial charge in [-0.2, -0.15) is 0 Å². The molecule has 0 unspecified atom stereocenters. The van der Waals surface area contributed by atoms with Crippen LogP contribution in [0.4, 0.5) is 5.69 Å². The number of hydrogen-bond acceptors (Lipinski definition) is 4. The van der Waals surface area contributed by atoms with Gasteiger partial charge in [-0.3, -0.25) is 4.79 Å². The molecule has 6 nitrogen and oxygen atoms in total. The van der Waals surface area contributed by atoms with Gasteiger partial charge in [-0.15, -0.1) is 0 Å². The van der Waals surface area contributed by atoms with Gasteiger partial charge < -0.3 is 10.1 Å². The van der Waals surface area contributed by atoms with Crippen molar-refractivity contribution in [1.29, 1.82) is 0 Å². The molecule has 0 atom stereocenters. The molecule has 0 saturated carbocycles. The Morgan fingerprint density at radius 1 is 1.16 bits per heavy atom. The minimum Gasteiger partial charge on any atom is -0.495 e. The first-order chi connectivity index (χ1) is 11.9. The number of rotatable bonds is 7. The van der Waals surface area contributed by atoms with Crippen molar-refractivity contribution in [1.82, 2.24) is 4.72 Å². The number of sulfonamides is 1. The molecular weight excluding hydrogens is 364 g/mol. The molecule has 0 radical (unpaired) electrons. The van der Waals surface area contributed by atoms with Crippen molar-refractivity contribution in [3.63, 3.8) is 0 Å². The average molecular weight is 383 g/mol. The Morgan fingerprint density at radius 3 is 2.44 bits per heavy atom. The van der Waals surface area contributed by atoms with Crippen molar-refractivity contribution in [3.05, 3.63) is 53.1 Å². The summed E-state index contributed by atoms with van der Waals surface area (Å²) in [6.45, 7) is 2.24. The van der Waals surface area contributed by atoms with Crippen LogP contribution in [-0.2, 0) is 10.0 Å². The van der Waals surface area contributed by atoms with E-state index in [9.17, 15) is 13.2 Å². The summed E-state index contributed by atoms with van der Waals surface area (Å²) in [5, 5.41) is 3.16. The molecule has 0 spiro atoms. The fourth-order valence-corrected chi connectivity index (χ4v) is 3.38. The predicted octanol–water partition coefficient (Wildman–Crippen LogP) is 3.29. The molecule has 0 aliphatic carbocycles. The first-order valence-electron chi connectivity index (χ1n) is 7.62. The average Bonchev–Trinajstić information content (AvgIpc) is 2.60. The number of anilines is 1. The number of carbonyl (C=O) groups is 1. The van der Waals surface area contributed by atoms with E-state index in [4.69, 9.17) is 16.3 Å². The number of benzene rings is 2. The van der Waals surface area contributed by atoms with Gasteiger partial charge in [0.2, 0.25) is 10.0 Å². The van der Waals surface area contributed by atoms with Gasteiger partial charge in [-0.05, 0) is 48.9 Å². The van der Waals surface area contributed by atoms with Gasteiger partial charge in [0.05, 0.1) is 17.7 Å². The molecule has 2 aromatic carbocycles. The Hall–Kier alpha value is -2.09. The van der Waals surface area contributed by atoms with E-state index in [0.717, 1.165) is 0 Å². The quantitative estimate of drug-likeness (QED) is 0.769. The highest BCUT2D eigenvalue weighted by atomic mass is 35.5. The predicted molar refractivity (Wildman–Crippen MR) is 97.9 cm³/mol. The van der Waals surface area contributed by atoms with Crippen molar-refractivity contribution in [2.45, 2.75) is 18.2 Å². The maximum absolute atomic E-state index is 12.4. The Labute approximate surface area is 152 Å². The highest BCUT2D eigenvalue weighted by Crippen LogP contribution is 2.28. The normalized spacial score (nSPS) is 11.2. The maximum Gasteiger partial charge on any atom is 0.255 e. The zero-order valence-corrected chi connectivity index (χ0v) is 15.4. The van der Waals surface area contributed by atoms with E-state index < -0.39 is 15.9 Å². The molecule has 0 bridgehead atoms. The number of nitrogens with one attached hydrogen (secondary N) is 2. The number of hydrogen-bond donors (Lipinski definition) is 2. The third-order valence-electron chi connectivity index (χ3n) is 3.38. The second kappa shape index (κ2) is 8.33. The van der Waals surface area contributed by atoms with Crippen molar-refractivity contribution in [3.8, 4) is 5.75 Å². The van der Waals surface area contributed by atoms with E-state index in [1.54, 1.807) is 18.2 Å². The highest BCUT2D eigenvalue weighted by molar-refractivity contribution is 7.89. The number of amides is 1. The van der Waals surface area contributed by atoms with Crippen LogP contribution in [0.1, 0.15) is 23.7 Å². The van der Waals surface area contributed by atoms with E-state index in [-0.39, 0.29) is 4.90 Å². The molecular formula is C17H19ClN2O4S. The maximum atomic E-state index is 12.4. The molecule has 0 aliphatic heterocycles. The minimum atomic E-state index is -3.56. The lowest BCUT2D eigenvalue weighted by atomic mass is 10.2. The Bertz CT molecular complexity index is 851. The van der Waals surface area contributed by atoms with Crippen LogP contribution in [0.5, 0.6) is 5.75 Å². The fraction of sp³-hybridized carbons (Fsp3) is 0.235. The number of ether oxygens (including phenoxy) is 1. The van der Waals surface area contributed by atoms with Gasteiger partial charge in [0, 0.05) is 17.1 Å². The van der Waals surface area contributed by atoms with Crippen LogP contribution >= 0.6 is 11.6 Å². The second-order valence-corrected chi connectivity index (χ2v) is 7.42. The first kappa shape index (κ1) is 19.2. The minimum absolute atomic E-state index is 0.109. The van der Waals surface area contributed by atoms with Gasteiger partial charge in [0.25, 0.3) is 5.91 Å². The molecule has 0 aromatic heterocycles. The number of methoxy groups -OCH3 is 1. The standard InChI is InChI=1S/C17H19ClN2O4S/c1-3-10-19-25(22,23)14-7-4-12(5-8-14)17(21)20-15-11-13(18)6-9-16(15)24-2/h4-9,11,19H,3,10H2,1-2H3,(H,20,21). The Kier molecular flexibility index (Phi) is 6.41. The smallest absolute Gasteiger partial charge is 0.255 e. The molecule has 2 N–H and O–H groups in total. The van der Waals surface area contributed by atoms with E-state index in [1.165, 1.54) is 31.4 Å². The molecule has 0 fully saturated rings. The molecule has 134 valence electrons. The van der Waals surface area contributed by atoms with Crippen molar-refractivity contribution >= 4 is 33.2 Å². The lowest BCUT2D eigenvalue weighted by molar-refractivity contribution is 0.102. The summed E-state index contributed by atoms with van der Waals surface area (Å²) < 4.78 is 31.7. The molecule has 0 saturated heterocycles. The topological polar surface area (TPSA) is 84.5 Å². The summed E-state index contributed by atoms with van der Waals surface area (Å²) >= 11 is 5.94. The molecule has 2 rings (SSSR count). The van der Waals surface area contributed by atoms with E-state index in [2.05, 4.69) is 10.0 Å². The highest BCUT2D eigenvalue weighted by Gasteiger charge is 2.15. The molecule has 8 heteroatoms. The molecule has 1 amide bonds. The zero-order valence-electron chi connectivity index (χ0n) is 13.9. The zero-order chi connectivity index (χ0) is 18.4. The number of halogens is 1. The fourth-order valence-electron chi connectivity index (χ4n) is 2.08. The summed E-state index contributed by atoms with van der Waals surface area (Å²) in [6.07, 6.45) is 0.696. The van der Waals surface area contributed by atoms with Crippen LogP contribution in [0.25, 0.3) is 0 Å². The van der Waals surface area contributed by atoms with Crippen molar-refractivity contribution in [2.75, 3.05) is 19.0 Å². The molecule has 0 aliphatic rings. The van der Waals surface area contributed by atoms with Crippen LogP contribution in [0.3, 0.4) is 0 Å². The monoisotopic (exact) mass is 382 g/mol. The van der Waals surface area contributed by atoms with Crippen molar-refractivity contribution in [2.24, 2.45) is 0 Å². The molecule has 0 heterocycles. The summed E-state index contributed by atoms with van der Waals surface area (Å²) in [5.74, 6) is 0.0757. The number of carbonyl (C=O) groups excluding carboxylic acids is 1. The van der Waals surface area contributed by atoms with Crippen molar-refractivity contribution < 1.29 is 17.9 Å². The summed E-state index contributed by atoms with van der Waals surface area (Å²) in [5.41, 5.74) is 0.748. The van der Waals surface area contributed by atoms with E-state index in [1.807, 2.05) is 6.92 Å². The summed E-state index contributed by atoms with van der Waals surface area (Å²) in [7, 11) is -2.07. The van der Waals surface area contributed by atoms with Gasteiger partial charge in [-0.25, -0.2) is 13.1 Å². The van der Waals surface area contributed by atoms with Gasteiger partial charge in [0.1, 0.15) is 5.75 Å². The van der Waals surface area contributed by atoms with Crippen LogP contribution in [0, 0.1) is 0 Å². The van der Waals surface area contributed by atoms with Crippen LogP contribution in [-0.4, -0.2) is 28.0 Å². The lowest BCUT2D eigenvalue weighted by Crippen LogP contribution is -2.24. The Balaban J connectivity index is 2.17. The van der Waals surface area contributed by atoms with Gasteiger partial charge in [-0.1, -0.05) is 18.5 Å². The van der Waals surface area contributed by atoms with Crippen LogP contribution in [0.2, 0.25) is 5.02 Å². The molecule has 2 aromatic rings. The largest absolute Gasteiger partial charge is 0.495 e. The van der Waals surface area contributed by atoms with Gasteiger partial charge >= 0.3 is 0 Å². The summed E-state index contributed by atoms with van der Waals surface area (Å²) in [6, 6.07) is 10.6. The SMILES string of the molecule is CCCNS(=O)(=O)c1ccc(C(=O)Nc2cc(Cl)ccc2OC)cc1. The van der Waals surface area contributed by atoms with Crippen LogP contribution in [0.15, 0.2) is 47.4 Å². The van der Waals surface area contributed by atoms with Crippen LogP contribution < -0.4 is 14.8 Å². The van der Waals surface area contributed by atoms with E-state index in [0.29, 0.717) is 35.0 Å². The molecule has 25 heavy (non-hydrogen) atoms. The second-order valence-electron chi connectivity index (χ2n) is 5.22. The third kappa shape index (κ3) is 4.94. The lowest BCUT2D eigenvalue weighted by Gasteiger charge is -2.11.